The SMILES string of the molecule is COc1cc2c(cc1OC)[C@H](C)N(C[C@H]1C(=O)O[C@@H]3C[C@@]4(C)CCC[C@H](C)C4=C[C@@H]31)CC2. The van der Waals surface area contributed by atoms with E-state index in [-0.39, 0.29) is 35.4 Å². The van der Waals surface area contributed by atoms with E-state index in [9.17, 15) is 4.79 Å². The van der Waals surface area contributed by atoms with Gasteiger partial charge in [-0.3, -0.25) is 9.69 Å². The number of carbonyl (C=O) groups excluding carboxylic acids is 1. The molecule has 5 nitrogen and oxygen atoms in total. The van der Waals surface area contributed by atoms with Gasteiger partial charge in [0.1, 0.15) is 6.10 Å². The van der Waals surface area contributed by atoms with Gasteiger partial charge in [0.05, 0.1) is 20.1 Å². The number of methoxy groups -OCH3 is 2. The number of carbonyl (C=O) groups is 1. The molecule has 1 aromatic rings. The molecule has 0 radical (unpaired) electrons. The van der Waals surface area contributed by atoms with E-state index in [1.807, 2.05) is 0 Å². The van der Waals surface area contributed by atoms with Gasteiger partial charge in [0, 0.05) is 25.0 Å². The molecule has 5 rings (SSSR count). The molecule has 1 saturated heterocycles. The van der Waals surface area contributed by atoms with Crippen molar-refractivity contribution in [1.29, 1.82) is 0 Å². The molecule has 0 N–H and O–H groups in total. The van der Waals surface area contributed by atoms with Crippen molar-refractivity contribution in [2.75, 3.05) is 27.3 Å². The smallest absolute Gasteiger partial charge is 0.311 e. The third kappa shape index (κ3) is 3.44. The highest BCUT2D eigenvalue weighted by Gasteiger charge is 2.52. The van der Waals surface area contributed by atoms with Crippen LogP contribution in [-0.4, -0.2) is 44.3 Å². The molecule has 6 atom stereocenters. The molecule has 2 heterocycles. The van der Waals surface area contributed by atoms with Gasteiger partial charge in [0.15, 0.2) is 11.5 Å². The lowest BCUT2D eigenvalue weighted by molar-refractivity contribution is -0.145. The first-order chi connectivity index (χ1) is 15.3. The van der Waals surface area contributed by atoms with E-state index in [4.69, 9.17) is 14.2 Å². The van der Waals surface area contributed by atoms with Crippen molar-refractivity contribution in [3.05, 3.63) is 34.9 Å². The maximum atomic E-state index is 13.0. The number of nitrogens with zero attached hydrogens (tertiary/aromatic N) is 1. The van der Waals surface area contributed by atoms with Crippen molar-refractivity contribution in [3.63, 3.8) is 0 Å². The highest BCUT2D eigenvalue weighted by atomic mass is 16.6. The minimum Gasteiger partial charge on any atom is -0.493 e. The van der Waals surface area contributed by atoms with Crippen LogP contribution in [0.15, 0.2) is 23.8 Å². The predicted molar refractivity (Wildman–Crippen MR) is 124 cm³/mol. The number of hydrogen-bond donors (Lipinski definition) is 0. The first-order valence-corrected chi connectivity index (χ1v) is 12.3. The lowest BCUT2D eigenvalue weighted by atomic mass is 9.59. The van der Waals surface area contributed by atoms with E-state index in [0.29, 0.717) is 5.92 Å². The summed E-state index contributed by atoms with van der Waals surface area (Å²) in [5, 5.41) is 0. The van der Waals surface area contributed by atoms with Gasteiger partial charge in [-0.05, 0) is 67.2 Å². The average Bonchev–Trinajstić information content (AvgIpc) is 3.06. The molecule has 0 bridgehead atoms. The van der Waals surface area contributed by atoms with Crippen molar-refractivity contribution in [2.45, 2.75) is 65.0 Å². The van der Waals surface area contributed by atoms with Crippen LogP contribution in [0.25, 0.3) is 0 Å². The number of hydrogen-bond acceptors (Lipinski definition) is 5. The molecular formula is C27H37NO4. The number of fused-ring (bicyclic) bond motifs is 3. The third-order valence-electron chi connectivity index (χ3n) is 8.82. The molecule has 0 spiro atoms. The summed E-state index contributed by atoms with van der Waals surface area (Å²) < 4.78 is 17.0. The lowest BCUT2D eigenvalue weighted by Crippen LogP contribution is -2.42. The minimum absolute atomic E-state index is 0.00272. The van der Waals surface area contributed by atoms with E-state index in [0.717, 1.165) is 37.4 Å². The summed E-state index contributed by atoms with van der Waals surface area (Å²) in [5.74, 6) is 2.31. The number of allylic oxidation sites excluding steroid dienone is 1. The Balaban J connectivity index is 1.39. The number of rotatable bonds is 4. The standard InChI is InChI=1S/C27H37NO4/c1-16-7-6-9-27(3)14-25-20(12-22(16)27)21(26(29)32-25)15-28-10-8-18-11-23(30-4)24(31-5)13-19(18)17(28)2/h11-13,16-17,20-21,25H,6-10,14-15H2,1-5H3/t16-,17-,20+,21+,25+,27+/m0/s1. The Morgan fingerprint density at radius 3 is 2.69 bits per heavy atom. The fourth-order valence-electron chi connectivity index (χ4n) is 6.96. The van der Waals surface area contributed by atoms with Crippen LogP contribution in [0.2, 0.25) is 0 Å². The Bertz CT molecular complexity index is 940. The van der Waals surface area contributed by atoms with Gasteiger partial charge >= 0.3 is 5.97 Å². The molecule has 32 heavy (non-hydrogen) atoms. The van der Waals surface area contributed by atoms with Gasteiger partial charge in [-0.25, -0.2) is 0 Å². The fraction of sp³-hybridized carbons (Fsp3) is 0.667. The van der Waals surface area contributed by atoms with Crippen LogP contribution in [0.3, 0.4) is 0 Å². The number of benzene rings is 1. The quantitative estimate of drug-likeness (QED) is 0.491. The zero-order valence-corrected chi connectivity index (χ0v) is 20.1. The number of esters is 1. The van der Waals surface area contributed by atoms with Crippen LogP contribution < -0.4 is 9.47 Å². The monoisotopic (exact) mass is 439 g/mol. The second-order valence-electron chi connectivity index (χ2n) is 10.7. The summed E-state index contributed by atoms with van der Waals surface area (Å²) in [5.41, 5.74) is 4.38. The van der Waals surface area contributed by atoms with Crippen molar-refractivity contribution in [3.8, 4) is 11.5 Å². The van der Waals surface area contributed by atoms with E-state index < -0.39 is 0 Å². The summed E-state index contributed by atoms with van der Waals surface area (Å²) in [7, 11) is 3.36. The third-order valence-corrected chi connectivity index (χ3v) is 8.82. The van der Waals surface area contributed by atoms with Crippen LogP contribution in [0, 0.1) is 23.2 Å². The minimum atomic E-state index is -0.0738. The summed E-state index contributed by atoms with van der Waals surface area (Å²) in [6, 6.07) is 4.44. The summed E-state index contributed by atoms with van der Waals surface area (Å²) in [6.45, 7) is 8.68. The topological polar surface area (TPSA) is 48.0 Å². The Hall–Kier alpha value is -2.01. The molecule has 0 aromatic heterocycles. The molecule has 4 aliphatic rings. The molecule has 2 fully saturated rings. The molecule has 2 aliphatic carbocycles. The second-order valence-corrected chi connectivity index (χ2v) is 10.7. The predicted octanol–water partition coefficient (Wildman–Crippen LogP) is 4.94. The molecule has 0 unspecified atom stereocenters. The van der Waals surface area contributed by atoms with Crippen molar-refractivity contribution < 1.29 is 19.0 Å². The Kier molecular flexibility index (Phi) is 5.51. The van der Waals surface area contributed by atoms with Gasteiger partial charge in [0.25, 0.3) is 0 Å². The van der Waals surface area contributed by atoms with Gasteiger partial charge in [-0.2, -0.15) is 0 Å². The van der Waals surface area contributed by atoms with E-state index in [1.165, 1.54) is 30.4 Å². The first-order valence-electron chi connectivity index (χ1n) is 12.3. The Morgan fingerprint density at radius 1 is 1.19 bits per heavy atom. The summed E-state index contributed by atoms with van der Waals surface area (Å²) in [4.78, 5) is 15.5. The molecule has 0 amide bonds. The van der Waals surface area contributed by atoms with Gasteiger partial charge in [-0.1, -0.05) is 31.9 Å². The van der Waals surface area contributed by atoms with Crippen LogP contribution >= 0.6 is 0 Å². The van der Waals surface area contributed by atoms with Crippen molar-refractivity contribution in [2.24, 2.45) is 23.2 Å². The van der Waals surface area contributed by atoms with Gasteiger partial charge in [0.2, 0.25) is 0 Å². The van der Waals surface area contributed by atoms with Crippen LogP contribution in [0.4, 0.5) is 0 Å². The largest absolute Gasteiger partial charge is 0.493 e. The molecule has 5 heteroatoms. The van der Waals surface area contributed by atoms with Crippen molar-refractivity contribution >= 4 is 5.97 Å². The highest BCUT2D eigenvalue weighted by molar-refractivity contribution is 5.76. The number of ether oxygens (including phenoxy) is 3. The first kappa shape index (κ1) is 21.8. The highest BCUT2D eigenvalue weighted by Crippen LogP contribution is 2.54. The normalized spacial score (nSPS) is 36.5. The maximum Gasteiger partial charge on any atom is 0.311 e. The maximum absolute atomic E-state index is 13.0. The second kappa shape index (κ2) is 8.09. The van der Waals surface area contributed by atoms with Gasteiger partial charge < -0.3 is 14.2 Å². The summed E-state index contributed by atoms with van der Waals surface area (Å²) >= 11 is 0. The lowest BCUT2D eigenvalue weighted by Gasteiger charge is -2.46. The zero-order valence-electron chi connectivity index (χ0n) is 20.1. The molecule has 2 aliphatic heterocycles. The van der Waals surface area contributed by atoms with E-state index in [2.05, 4.69) is 43.9 Å². The molecule has 1 saturated carbocycles. The van der Waals surface area contributed by atoms with Crippen LogP contribution in [0.1, 0.15) is 63.6 Å². The van der Waals surface area contributed by atoms with Gasteiger partial charge in [-0.15, -0.1) is 0 Å². The van der Waals surface area contributed by atoms with Crippen molar-refractivity contribution in [1.82, 2.24) is 4.90 Å². The van der Waals surface area contributed by atoms with Crippen LogP contribution in [0.5, 0.6) is 11.5 Å². The molecule has 174 valence electrons. The average molecular weight is 440 g/mol. The molecule has 1 aromatic carbocycles. The van der Waals surface area contributed by atoms with E-state index >= 15 is 0 Å². The Morgan fingerprint density at radius 2 is 1.94 bits per heavy atom. The summed E-state index contributed by atoms with van der Waals surface area (Å²) in [6.07, 6.45) is 8.22. The zero-order chi connectivity index (χ0) is 22.6. The van der Waals surface area contributed by atoms with Crippen LogP contribution in [-0.2, 0) is 16.0 Å². The fourth-order valence-corrected chi connectivity index (χ4v) is 6.96. The van der Waals surface area contributed by atoms with E-state index in [1.54, 1.807) is 19.8 Å². The Labute approximate surface area is 192 Å². The molecular weight excluding hydrogens is 402 g/mol.